The van der Waals surface area contributed by atoms with Gasteiger partial charge in [0.25, 0.3) is 0 Å². The number of ether oxygens (including phenoxy) is 1. The zero-order chi connectivity index (χ0) is 17.2. The lowest BCUT2D eigenvalue weighted by atomic mass is 10.2. The fourth-order valence-electron chi connectivity index (χ4n) is 2.40. The van der Waals surface area contributed by atoms with Crippen molar-refractivity contribution in [1.29, 1.82) is 0 Å². The zero-order valence-electron chi connectivity index (χ0n) is 14.4. The normalized spacial score (nSPS) is 10.8. The van der Waals surface area contributed by atoms with Gasteiger partial charge in [-0.25, -0.2) is 4.98 Å². The molecule has 1 amide bonds. The molecule has 2 N–H and O–H groups in total. The molecule has 0 aliphatic heterocycles. The Morgan fingerprint density at radius 3 is 3.04 bits per heavy atom. The molecular weight excluding hydrogens is 304 g/mol. The molecule has 0 aliphatic rings. The third kappa shape index (κ3) is 5.47. The van der Waals surface area contributed by atoms with E-state index in [0.717, 1.165) is 36.5 Å². The quantitative estimate of drug-likeness (QED) is 0.657. The highest BCUT2D eigenvalue weighted by atomic mass is 16.5. The number of nitrogens with one attached hydrogen (secondary N) is 2. The molecule has 0 fully saturated rings. The number of imidazole rings is 1. The molecular formula is C18H26N4O2. The van der Waals surface area contributed by atoms with Crippen molar-refractivity contribution < 1.29 is 9.53 Å². The van der Waals surface area contributed by atoms with Gasteiger partial charge in [0.2, 0.25) is 5.91 Å². The number of unbranched alkanes of at least 4 members (excludes halogenated alkanes) is 1. The predicted molar refractivity (Wildman–Crippen MR) is 95.9 cm³/mol. The maximum Gasteiger partial charge on any atom is 0.238 e. The van der Waals surface area contributed by atoms with Crippen LogP contribution in [-0.2, 0) is 16.1 Å². The number of aryl methyl sites for hydroxylation is 1. The number of rotatable bonds is 10. The van der Waals surface area contributed by atoms with Crippen LogP contribution in [-0.4, -0.2) is 42.3 Å². The Kier molecular flexibility index (Phi) is 7.45. The Morgan fingerprint density at radius 1 is 1.38 bits per heavy atom. The fourth-order valence-corrected chi connectivity index (χ4v) is 2.40. The Bertz CT molecular complexity index is 639. The highest BCUT2D eigenvalue weighted by Crippen LogP contribution is 2.21. The summed E-state index contributed by atoms with van der Waals surface area (Å²) in [4.78, 5) is 16.4. The van der Waals surface area contributed by atoms with Crippen molar-refractivity contribution in [2.75, 3.05) is 32.1 Å². The SMILES string of the molecule is CCCCn1ccnc1-c1cccc(NC(=O)CNCCOC)c1. The van der Waals surface area contributed by atoms with Gasteiger partial charge < -0.3 is 19.9 Å². The Hall–Kier alpha value is -2.18. The molecule has 0 atom stereocenters. The number of nitrogens with zero attached hydrogens (tertiary/aromatic N) is 2. The van der Waals surface area contributed by atoms with Crippen LogP contribution in [0.2, 0.25) is 0 Å². The van der Waals surface area contributed by atoms with Crippen LogP contribution in [0.4, 0.5) is 5.69 Å². The van der Waals surface area contributed by atoms with E-state index >= 15 is 0 Å². The Morgan fingerprint density at radius 2 is 2.25 bits per heavy atom. The average molecular weight is 330 g/mol. The van der Waals surface area contributed by atoms with E-state index in [4.69, 9.17) is 4.74 Å². The van der Waals surface area contributed by atoms with E-state index in [2.05, 4.69) is 27.1 Å². The predicted octanol–water partition coefficient (Wildman–Crippen LogP) is 2.52. The van der Waals surface area contributed by atoms with Gasteiger partial charge in [-0.1, -0.05) is 25.5 Å². The molecule has 0 aliphatic carbocycles. The third-order valence-electron chi connectivity index (χ3n) is 3.64. The lowest BCUT2D eigenvalue weighted by Gasteiger charge is -2.10. The smallest absolute Gasteiger partial charge is 0.238 e. The van der Waals surface area contributed by atoms with E-state index in [1.165, 1.54) is 0 Å². The summed E-state index contributed by atoms with van der Waals surface area (Å²) in [7, 11) is 1.64. The molecule has 130 valence electrons. The number of hydrogen-bond donors (Lipinski definition) is 2. The van der Waals surface area contributed by atoms with Crippen molar-refractivity contribution in [3.8, 4) is 11.4 Å². The molecule has 0 bridgehead atoms. The summed E-state index contributed by atoms with van der Waals surface area (Å²) in [5, 5.41) is 5.93. The van der Waals surface area contributed by atoms with Crippen molar-refractivity contribution in [3.63, 3.8) is 0 Å². The van der Waals surface area contributed by atoms with Gasteiger partial charge in [-0.15, -0.1) is 0 Å². The zero-order valence-corrected chi connectivity index (χ0v) is 14.4. The first kappa shape index (κ1) is 18.2. The van der Waals surface area contributed by atoms with Gasteiger partial charge in [0.1, 0.15) is 5.82 Å². The first-order valence-corrected chi connectivity index (χ1v) is 8.35. The van der Waals surface area contributed by atoms with Crippen molar-refractivity contribution in [3.05, 3.63) is 36.7 Å². The van der Waals surface area contributed by atoms with Gasteiger partial charge in [-0.3, -0.25) is 4.79 Å². The van der Waals surface area contributed by atoms with E-state index in [-0.39, 0.29) is 12.5 Å². The first-order valence-electron chi connectivity index (χ1n) is 8.35. The van der Waals surface area contributed by atoms with Crippen molar-refractivity contribution in [1.82, 2.24) is 14.9 Å². The Balaban J connectivity index is 1.99. The first-order chi connectivity index (χ1) is 11.7. The second-order valence-corrected chi connectivity index (χ2v) is 5.60. The third-order valence-corrected chi connectivity index (χ3v) is 3.64. The van der Waals surface area contributed by atoms with Gasteiger partial charge in [0, 0.05) is 43.8 Å². The van der Waals surface area contributed by atoms with Crippen molar-refractivity contribution in [2.24, 2.45) is 0 Å². The van der Waals surface area contributed by atoms with Crippen LogP contribution in [0.1, 0.15) is 19.8 Å². The molecule has 0 radical (unpaired) electrons. The van der Waals surface area contributed by atoms with E-state index in [1.54, 1.807) is 7.11 Å². The average Bonchev–Trinajstić information content (AvgIpc) is 3.05. The van der Waals surface area contributed by atoms with Crippen LogP contribution in [0.5, 0.6) is 0 Å². The minimum atomic E-state index is -0.0717. The topological polar surface area (TPSA) is 68.2 Å². The van der Waals surface area contributed by atoms with E-state index < -0.39 is 0 Å². The number of anilines is 1. The van der Waals surface area contributed by atoms with Gasteiger partial charge >= 0.3 is 0 Å². The second-order valence-electron chi connectivity index (χ2n) is 5.60. The summed E-state index contributed by atoms with van der Waals surface area (Å²) in [6.07, 6.45) is 6.07. The molecule has 0 unspecified atom stereocenters. The molecule has 24 heavy (non-hydrogen) atoms. The number of carbonyl (C=O) groups is 1. The molecule has 0 spiro atoms. The van der Waals surface area contributed by atoms with E-state index in [0.29, 0.717) is 13.2 Å². The lowest BCUT2D eigenvalue weighted by Crippen LogP contribution is -2.30. The van der Waals surface area contributed by atoms with Crippen LogP contribution in [0, 0.1) is 0 Å². The van der Waals surface area contributed by atoms with E-state index in [9.17, 15) is 4.79 Å². The molecule has 2 aromatic rings. The highest BCUT2D eigenvalue weighted by Gasteiger charge is 2.08. The number of benzene rings is 1. The monoisotopic (exact) mass is 330 g/mol. The maximum atomic E-state index is 11.9. The lowest BCUT2D eigenvalue weighted by molar-refractivity contribution is -0.115. The van der Waals surface area contributed by atoms with Crippen LogP contribution in [0.15, 0.2) is 36.7 Å². The summed E-state index contributed by atoms with van der Waals surface area (Å²) in [6.45, 7) is 4.62. The number of amides is 1. The van der Waals surface area contributed by atoms with Gasteiger partial charge in [0.05, 0.1) is 13.2 Å². The van der Waals surface area contributed by atoms with Crippen LogP contribution in [0.25, 0.3) is 11.4 Å². The van der Waals surface area contributed by atoms with E-state index in [1.807, 2.05) is 36.7 Å². The molecule has 6 nitrogen and oxygen atoms in total. The van der Waals surface area contributed by atoms with Crippen LogP contribution < -0.4 is 10.6 Å². The summed E-state index contributed by atoms with van der Waals surface area (Å²) in [5.74, 6) is 0.857. The Labute approximate surface area is 143 Å². The number of hydrogen-bond acceptors (Lipinski definition) is 4. The summed E-state index contributed by atoms with van der Waals surface area (Å²) < 4.78 is 7.08. The summed E-state index contributed by atoms with van der Waals surface area (Å²) in [6, 6.07) is 7.78. The number of carbonyl (C=O) groups excluding carboxylic acids is 1. The summed E-state index contributed by atoms with van der Waals surface area (Å²) >= 11 is 0. The molecule has 1 heterocycles. The van der Waals surface area contributed by atoms with Crippen molar-refractivity contribution >= 4 is 11.6 Å². The van der Waals surface area contributed by atoms with Crippen LogP contribution in [0.3, 0.4) is 0 Å². The largest absolute Gasteiger partial charge is 0.383 e. The molecule has 1 aromatic carbocycles. The molecule has 0 saturated carbocycles. The minimum absolute atomic E-state index is 0.0717. The number of methoxy groups -OCH3 is 1. The van der Waals surface area contributed by atoms with Crippen molar-refractivity contribution in [2.45, 2.75) is 26.3 Å². The minimum Gasteiger partial charge on any atom is -0.383 e. The fraction of sp³-hybridized carbons (Fsp3) is 0.444. The number of aromatic nitrogens is 2. The summed E-state index contributed by atoms with van der Waals surface area (Å²) in [5.41, 5.74) is 1.78. The van der Waals surface area contributed by atoms with Crippen LogP contribution >= 0.6 is 0 Å². The van der Waals surface area contributed by atoms with Gasteiger partial charge in [-0.05, 0) is 18.6 Å². The maximum absolute atomic E-state index is 11.9. The molecule has 2 rings (SSSR count). The van der Waals surface area contributed by atoms with Gasteiger partial charge in [0.15, 0.2) is 0 Å². The molecule has 1 aromatic heterocycles. The molecule has 6 heteroatoms. The van der Waals surface area contributed by atoms with Gasteiger partial charge in [-0.2, -0.15) is 0 Å². The standard InChI is InChI=1S/C18H26N4O2/c1-3-4-10-22-11-8-20-18(22)15-6-5-7-16(13-15)21-17(23)14-19-9-12-24-2/h5-8,11,13,19H,3-4,9-10,12,14H2,1-2H3,(H,21,23). The highest BCUT2D eigenvalue weighted by molar-refractivity contribution is 5.92. The molecule has 0 saturated heterocycles. The second kappa shape index (κ2) is 9.85.